The molecular weight excluding hydrogens is 288 g/mol. The summed E-state index contributed by atoms with van der Waals surface area (Å²) in [6.45, 7) is 0. The molecule has 0 rings (SSSR count). The number of hydrogen-bond acceptors (Lipinski definition) is 6. The fraction of sp³-hybridized carbons (Fsp3) is 0.500. The predicted octanol–water partition coefficient (Wildman–Crippen LogP) is -1.54. The number of aldehydes is 1. The highest BCUT2D eigenvalue weighted by molar-refractivity contribution is 7.87. The standard InChI is InChI=1S/C8H10O10S/c9-3-4(19(16,17)18)8(7(14)15,1-5(10)11)2-6(12)13/h3-4H,1-2H2,(H,10,11)(H,12,13)(H,14,15)(H,16,17,18). The van der Waals surface area contributed by atoms with E-state index in [0.717, 1.165) is 0 Å². The van der Waals surface area contributed by atoms with E-state index in [1.54, 1.807) is 0 Å². The highest BCUT2D eigenvalue weighted by Crippen LogP contribution is 2.34. The van der Waals surface area contributed by atoms with Gasteiger partial charge in [0.15, 0.2) is 5.25 Å². The van der Waals surface area contributed by atoms with Gasteiger partial charge in [-0.1, -0.05) is 0 Å². The number of carboxylic acids is 3. The molecule has 0 aliphatic heterocycles. The Morgan fingerprint density at radius 2 is 1.42 bits per heavy atom. The lowest BCUT2D eigenvalue weighted by atomic mass is 9.78. The molecule has 1 unspecified atom stereocenters. The summed E-state index contributed by atoms with van der Waals surface area (Å²) in [5, 5.41) is 23.4. The molecule has 0 saturated heterocycles. The van der Waals surface area contributed by atoms with E-state index in [2.05, 4.69) is 0 Å². The molecule has 19 heavy (non-hydrogen) atoms. The van der Waals surface area contributed by atoms with Crippen molar-refractivity contribution < 1.29 is 47.5 Å². The molecule has 0 spiro atoms. The van der Waals surface area contributed by atoms with Crippen molar-refractivity contribution in [1.82, 2.24) is 0 Å². The van der Waals surface area contributed by atoms with Crippen LogP contribution in [0.1, 0.15) is 12.8 Å². The van der Waals surface area contributed by atoms with Crippen molar-refractivity contribution >= 4 is 34.3 Å². The molecule has 0 aromatic heterocycles. The number of carbonyl (C=O) groups excluding carboxylic acids is 1. The van der Waals surface area contributed by atoms with Crippen molar-refractivity contribution in [2.24, 2.45) is 5.41 Å². The van der Waals surface area contributed by atoms with Crippen molar-refractivity contribution in [3.63, 3.8) is 0 Å². The number of carbonyl (C=O) groups is 4. The topological polar surface area (TPSA) is 183 Å². The second kappa shape index (κ2) is 5.75. The average Bonchev–Trinajstić information content (AvgIpc) is 2.12. The Bertz CT molecular complexity index is 488. The Labute approximate surface area is 106 Å². The Hall–Kier alpha value is -2.01. The van der Waals surface area contributed by atoms with Gasteiger partial charge in [-0.25, -0.2) is 0 Å². The quantitative estimate of drug-likeness (QED) is 0.302. The van der Waals surface area contributed by atoms with Gasteiger partial charge in [0, 0.05) is 0 Å². The van der Waals surface area contributed by atoms with Crippen molar-refractivity contribution in [1.29, 1.82) is 0 Å². The highest BCUT2D eigenvalue weighted by atomic mass is 32.2. The summed E-state index contributed by atoms with van der Waals surface area (Å²) in [4.78, 5) is 43.0. The maximum Gasteiger partial charge on any atom is 0.312 e. The molecule has 0 heterocycles. The zero-order chi connectivity index (χ0) is 15.4. The minimum Gasteiger partial charge on any atom is -0.481 e. The molecule has 4 N–H and O–H groups in total. The molecule has 11 heteroatoms. The number of carboxylic acid groups (broad SMARTS) is 3. The first-order valence-electron chi connectivity index (χ1n) is 4.56. The molecule has 0 radical (unpaired) electrons. The van der Waals surface area contributed by atoms with E-state index in [-0.39, 0.29) is 0 Å². The molecular formula is C8H10O10S. The van der Waals surface area contributed by atoms with E-state index in [9.17, 15) is 27.6 Å². The van der Waals surface area contributed by atoms with Crippen LogP contribution in [0.15, 0.2) is 0 Å². The van der Waals surface area contributed by atoms with Crippen LogP contribution in [0.2, 0.25) is 0 Å². The van der Waals surface area contributed by atoms with Gasteiger partial charge in [0.25, 0.3) is 10.1 Å². The number of aliphatic carboxylic acids is 3. The van der Waals surface area contributed by atoms with E-state index < -0.39 is 57.8 Å². The lowest BCUT2D eigenvalue weighted by Gasteiger charge is -2.29. The second-order valence-electron chi connectivity index (χ2n) is 3.67. The molecule has 0 saturated carbocycles. The van der Waals surface area contributed by atoms with Crippen LogP contribution in [0.5, 0.6) is 0 Å². The molecule has 0 bridgehead atoms. The Balaban J connectivity index is 6.08. The SMILES string of the molecule is O=CC(C(CC(=O)O)(CC(=O)O)C(=O)O)S(=O)(=O)O. The third-order valence-corrected chi connectivity index (χ3v) is 3.55. The van der Waals surface area contributed by atoms with E-state index in [1.807, 2.05) is 0 Å². The predicted molar refractivity (Wildman–Crippen MR) is 56.0 cm³/mol. The second-order valence-corrected chi connectivity index (χ2v) is 5.21. The fourth-order valence-electron chi connectivity index (χ4n) is 1.56. The van der Waals surface area contributed by atoms with Gasteiger partial charge in [0.2, 0.25) is 0 Å². The summed E-state index contributed by atoms with van der Waals surface area (Å²) in [5.41, 5.74) is -2.99. The first-order valence-corrected chi connectivity index (χ1v) is 6.06. The summed E-state index contributed by atoms with van der Waals surface area (Å²) in [7, 11) is -5.28. The minimum atomic E-state index is -5.28. The monoisotopic (exact) mass is 298 g/mol. The van der Waals surface area contributed by atoms with Crippen LogP contribution in [0.25, 0.3) is 0 Å². The minimum absolute atomic E-state index is 0.505. The van der Waals surface area contributed by atoms with Gasteiger partial charge < -0.3 is 20.1 Å². The van der Waals surface area contributed by atoms with Crippen molar-refractivity contribution in [2.45, 2.75) is 18.1 Å². The van der Waals surface area contributed by atoms with E-state index >= 15 is 0 Å². The number of rotatable bonds is 8. The summed E-state index contributed by atoms with van der Waals surface area (Å²) in [6, 6.07) is 0. The van der Waals surface area contributed by atoms with Crippen LogP contribution in [-0.4, -0.2) is 57.7 Å². The molecule has 0 aliphatic rings. The molecule has 108 valence electrons. The van der Waals surface area contributed by atoms with Crippen LogP contribution in [-0.2, 0) is 29.3 Å². The first kappa shape index (κ1) is 17.0. The van der Waals surface area contributed by atoms with Crippen LogP contribution >= 0.6 is 0 Å². The summed E-state index contributed by atoms with van der Waals surface area (Å²) >= 11 is 0. The van der Waals surface area contributed by atoms with Gasteiger partial charge in [0.05, 0.1) is 12.8 Å². The van der Waals surface area contributed by atoms with Crippen LogP contribution in [0, 0.1) is 5.41 Å². The molecule has 0 amide bonds. The van der Waals surface area contributed by atoms with Crippen molar-refractivity contribution in [3.05, 3.63) is 0 Å². The molecule has 0 aliphatic carbocycles. The van der Waals surface area contributed by atoms with Gasteiger partial charge in [0.1, 0.15) is 11.7 Å². The van der Waals surface area contributed by atoms with E-state index in [1.165, 1.54) is 0 Å². The molecule has 0 aromatic carbocycles. The van der Waals surface area contributed by atoms with Gasteiger partial charge in [-0.05, 0) is 0 Å². The average molecular weight is 298 g/mol. The summed E-state index contributed by atoms with van der Waals surface area (Å²) < 4.78 is 30.7. The van der Waals surface area contributed by atoms with E-state index in [4.69, 9.17) is 19.9 Å². The normalized spacial score (nSPS) is 13.5. The van der Waals surface area contributed by atoms with Crippen LogP contribution in [0.4, 0.5) is 0 Å². The first-order chi connectivity index (χ1) is 8.47. The maximum atomic E-state index is 11.1. The lowest BCUT2D eigenvalue weighted by Crippen LogP contribution is -2.50. The zero-order valence-corrected chi connectivity index (χ0v) is 10.0. The van der Waals surface area contributed by atoms with Gasteiger partial charge >= 0.3 is 17.9 Å². The smallest absolute Gasteiger partial charge is 0.312 e. The Morgan fingerprint density at radius 1 is 1.05 bits per heavy atom. The third kappa shape index (κ3) is 3.99. The Kier molecular flexibility index (Phi) is 5.14. The fourth-order valence-corrected chi connectivity index (χ4v) is 2.54. The van der Waals surface area contributed by atoms with Gasteiger partial charge in [-0.2, -0.15) is 8.42 Å². The van der Waals surface area contributed by atoms with E-state index in [0.29, 0.717) is 0 Å². The van der Waals surface area contributed by atoms with Gasteiger partial charge in [-0.15, -0.1) is 0 Å². The highest BCUT2D eigenvalue weighted by Gasteiger charge is 2.54. The molecule has 0 aromatic rings. The third-order valence-electron chi connectivity index (χ3n) is 2.35. The molecule has 1 atom stereocenters. The van der Waals surface area contributed by atoms with Crippen LogP contribution in [0.3, 0.4) is 0 Å². The molecule has 0 fully saturated rings. The largest absolute Gasteiger partial charge is 0.481 e. The van der Waals surface area contributed by atoms with Crippen molar-refractivity contribution in [3.8, 4) is 0 Å². The summed E-state index contributed by atoms with van der Waals surface area (Å²) in [6.07, 6.45) is -3.43. The maximum absolute atomic E-state index is 11.1. The lowest BCUT2D eigenvalue weighted by molar-refractivity contribution is -0.161. The number of hydrogen-bond donors (Lipinski definition) is 4. The Morgan fingerprint density at radius 3 is 1.58 bits per heavy atom. The summed E-state index contributed by atoms with van der Waals surface area (Å²) in [5.74, 6) is -5.80. The van der Waals surface area contributed by atoms with Gasteiger partial charge in [-0.3, -0.25) is 18.9 Å². The zero-order valence-electron chi connectivity index (χ0n) is 9.22. The van der Waals surface area contributed by atoms with Crippen LogP contribution < -0.4 is 0 Å². The molecule has 10 nitrogen and oxygen atoms in total. The van der Waals surface area contributed by atoms with Crippen molar-refractivity contribution in [2.75, 3.05) is 0 Å².